The summed E-state index contributed by atoms with van der Waals surface area (Å²) in [6.45, 7) is 5.30. The summed E-state index contributed by atoms with van der Waals surface area (Å²) in [5.41, 5.74) is 3.12. The van der Waals surface area contributed by atoms with Gasteiger partial charge in [-0.15, -0.1) is 17.9 Å². The summed E-state index contributed by atoms with van der Waals surface area (Å²) >= 11 is 1.58. The molecule has 1 saturated carbocycles. The number of hydrogen-bond donors (Lipinski definition) is 2. The van der Waals surface area contributed by atoms with Crippen LogP contribution in [0.15, 0.2) is 36.9 Å². The second kappa shape index (κ2) is 6.28. The van der Waals surface area contributed by atoms with E-state index in [1.165, 1.54) is 11.6 Å². The molecule has 6 heteroatoms. The lowest BCUT2D eigenvalue weighted by Gasteiger charge is -2.23. The van der Waals surface area contributed by atoms with Crippen LogP contribution in [0.3, 0.4) is 0 Å². The normalized spacial score (nSPS) is 16.0. The summed E-state index contributed by atoms with van der Waals surface area (Å²) in [7, 11) is 0. The Morgan fingerprint density at radius 2 is 2.24 bits per heavy atom. The lowest BCUT2D eigenvalue weighted by Crippen LogP contribution is -2.38. The number of amidine groups is 1. The number of nitrogens with one attached hydrogen (secondary N) is 1. The highest BCUT2D eigenvalue weighted by Crippen LogP contribution is 2.42. The molecule has 0 spiro atoms. The van der Waals surface area contributed by atoms with Crippen LogP contribution in [0.25, 0.3) is 10.4 Å². The van der Waals surface area contributed by atoms with Crippen LogP contribution >= 0.6 is 11.3 Å². The van der Waals surface area contributed by atoms with Gasteiger partial charge in [0.05, 0.1) is 4.88 Å². The number of thiophene rings is 1. The van der Waals surface area contributed by atoms with Gasteiger partial charge >= 0.3 is 0 Å². The summed E-state index contributed by atoms with van der Waals surface area (Å²) in [6, 6.07) is 7.33. The number of benzene rings is 1. The fraction of sp³-hybridized carbons (Fsp3) is 0.316. The van der Waals surface area contributed by atoms with Crippen LogP contribution in [-0.4, -0.2) is 30.0 Å². The zero-order chi connectivity index (χ0) is 17.6. The first kappa shape index (κ1) is 16.3. The van der Waals surface area contributed by atoms with Crippen LogP contribution in [0.2, 0.25) is 0 Å². The maximum Gasteiger partial charge on any atom is 0.152 e. The Bertz CT molecular complexity index is 840. The number of nitrogens with two attached hydrogens (primary N) is 1. The van der Waals surface area contributed by atoms with Crippen molar-refractivity contribution >= 4 is 22.9 Å². The lowest BCUT2D eigenvalue weighted by molar-refractivity contribution is 0.429. The molecule has 25 heavy (non-hydrogen) atoms. The predicted molar refractivity (Wildman–Crippen MR) is 102 cm³/mol. The Morgan fingerprint density at radius 1 is 1.44 bits per heavy atom. The third kappa shape index (κ3) is 2.96. The van der Waals surface area contributed by atoms with Crippen LogP contribution in [0.1, 0.15) is 23.3 Å². The molecule has 0 atom stereocenters. The van der Waals surface area contributed by atoms with Gasteiger partial charge in [0.25, 0.3) is 0 Å². The van der Waals surface area contributed by atoms with Crippen molar-refractivity contribution in [3.63, 3.8) is 0 Å². The molecule has 0 bridgehead atoms. The summed E-state index contributed by atoms with van der Waals surface area (Å²) in [6.07, 6.45) is 4.82. The zero-order valence-electron chi connectivity index (χ0n) is 14.0. The molecule has 4 nitrogen and oxygen atoms in total. The number of rotatable bonds is 4. The standard InChI is InChI=1S/C19H21FN4S/c1-2-8-23-9-7-12-10-17(19(21)24(22)14-4-5-14)25-18(12)15-6-3-13(20)11-16(15)23/h2-3,6,10-11,14,21H,1,4-5,7-9,22H2. The van der Waals surface area contributed by atoms with Gasteiger partial charge in [-0.2, -0.15) is 0 Å². The maximum atomic E-state index is 13.8. The van der Waals surface area contributed by atoms with E-state index in [9.17, 15) is 4.39 Å². The van der Waals surface area contributed by atoms with Crippen molar-refractivity contribution in [2.24, 2.45) is 5.84 Å². The molecule has 1 aromatic heterocycles. The van der Waals surface area contributed by atoms with E-state index in [1.54, 1.807) is 22.4 Å². The van der Waals surface area contributed by atoms with Crippen LogP contribution in [0.4, 0.5) is 10.1 Å². The molecule has 0 amide bonds. The quantitative estimate of drug-likeness (QED) is 0.288. The molecule has 1 fully saturated rings. The van der Waals surface area contributed by atoms with Crippen molar-refractivity contribution < 1.29 is 4.39 Å². The largest absolute Gasteiger partial charge is 0.367 e. The van der Waals surface area contributed by atoms with E-state index in [1.807, 2.05) is 12.1 Å². The molecular formula is C19H21FN4S. The van der Waals surface area contributed by atoms with Crippen LogP contribution in [-0.2, 0) is 6.42 Å². The number of halogens is 1. The highest BCUT2D eigenvalue weighted by Gasteiger charge is 2.31. The second-order valence-corrected chi connectivity index (χ2v) is 7.65. The van der Waals surface area contributed by atoms with Crippen molar-refractivity contribution in [1.82, 2.24) is 5.01 Å². The van der Waals surface area contributed by atoms with E-state index in [0.717, 1.165) is 46.8 Å². The molecule has 0 unspecified atom stereocenters. The zero-order valence-corrected chi connectivity index (χ0v) is 14.8. The highest BCUT2D eigenvalue weighted by molar-refractivity contribution is 7.17. The fourth-order valence-corrected chi connectivity index (χ4v) is 4.50. The summed E-state index contributed by atoms with van der Waals surface area (Å²) in [5.74, 6) is 6.21. The average molecular weight is 356 g/mol. The van der Waals surface area contributed by atoms with Gasteiger partial charge in [-0.05, 0) is 49.1 Å². The van der Waals surface area contributed by atoms with Crippen molar-refractivity contribution in [2.45, 2.75) is 25.3 Å². The molecule has 2 aliphatic rings. The second-order valence-electron chi connectivity index (χ2n) is 6.60. The van der Waals surface area contributed by atoms with Gasteiger partial charge in [0.1, 0.15) is 5.82 Å². The van der Waals surface area contributed by atoms with E-state index >= 15 is 0 Å². The molecule has 4 rings (SSSR count). The van der Waals surface area contributed by atoms with Gasteiger partial charge in [-0.25, -0.2) is 10.2 Å². The molecule has 130 valence electrons. The molecule has 1 aliphatic heterocycles. The van der Waals surface area contributed by atoms with E-state index in [2.05, 4.69) is 17.5 Å². The SMILES string of the molecule is C=CCN1CCc2cc(C(=N)N(N)C3CC3)sc2-c2ccc(F)cc21. The first-order valence-electron chi connectivity index (χ1n) is 8.50. The van der Waals surface area contributed by atoms with E-state index in [4.69, 9.17) is 11.3 Å². The molecule has 1 aliphatic carbocycles. The Balaban J connectivity index is 1.76. The summed E-state index contributed by atoms with van der Waals surface area (Å²) < 4.78 is 13.8. The van der Waals surface area contributed by atoms with Crippen LogP contribution < -0.4 is 10.7 Å². The monoisotopic (exact) mass is 356 g/mol. The number of nitrogens with zero attached hydrogens (tertiary/aromatic N) is 2. The molecule has 1 aromatic carbocycles. The van der Waals surface area contributed by atoms with Gasteiger partial charge in [0.2, 0.25) is 0 Å². The number of hydrogen-bond acceptors (Lipinski definition) is 4. The predicted octanol–water partition coefficient (Wildman–Crippen LogP) is 3.77. The Labute approximate surface area is 150 Å². The third-order valence-corrected chi connectivity index (χ3v) is 6.00. The highest BCUT2D eigenvalue weighted by atomic mass is 32.1. The molecule has 0 radical (unpaired) electrons. The van der Waals surface area contributed by atoms with Crippen molar-refractivity contribution in [3.05, 3.63) is 53.2 Å². The summed E-state index contributed by atoms with van der Waals surface area (Å²) in [5, 5.41) is 9.98. The summed E-state index contributed by atoms with van der Waals surface area (Å²) in [4.78, 5) is 4.15. The molecule has 3 N–H and O–H groups in total. The number of hydrazine groups is 1. The maximum absolute atomic E-state index is 13.8. The Kier molecular flexibility index (Phi) is 4.09. The Morgan fingerprint density at radius 3 is 2.96 bits per heavy atom. The van der Waals surface area contributed by atoms with Crippen molar-refractivity contribution in [2.75, 3.05) is 18.0 Å². The molecule has 2 heterocycles. The van der Waals surface area contributed by atoms with Crippen LogP contribution in [0, 0.1) is 11.2 Å². The van der Waals surface area contributed by atoms with Crippen LogP contribution in [0.5, 0.6) is 0 Å². The first-order valence-corrected chi connectivity index (χ1v) is 9.31. The van der Waals surface area contributed by atoms with E-state index in [-0.39, 0.29) is 5.82 Å². The fourth-order valence-electron chi connectivity index (χ4n) is 3.30. The van der Waals surface area contributed by atoms with Gasteiger partial charge < -0.3 is 4.90 Å². The average Bonchev–Trinajstić information content (AvgIpc) is 3.39. The molecular weight excluding hydrogens is 335 g/mol. The molecule has 2 aromatic rings. The smallest absolute Gasteiger partial charge is 0.152 e. The third-order valence-electron chi connectivity index (χ3n) is 4.79. The van der Waals surface area contributed by atoms with Crippen molar-refractivity contribution in [1.29, 1.82) is 5.41 Å². The first-order chi connectivity index (χ1) is 12.1. The molecule has 0 saturated heterocycles. The minimum atomic E-state index is -0.234. The minimum absolute atomic E-state index is 0.234. The Hall–Kier alpha value is -2.18. The van der Waals surface area contributed by atoms with Gasteiger partial charge in [-0.3, -0.25) is 10.4 Å². The van der Waals surface area contributed by atoms with Gasteiger partial charge in [0, 0.05) is 35.3 Å². The minimum Gasteiger partial charge on any atom is -0.367 e. The van der Waals surface area contributed by atoms with E-state index < -0.39 is 0 Å². The van der Waals surface area contributed by atoms with Crippen molar-refractivity contribution in [3.8, 4) is 10.4 Å². The van der Waals surface area contributed by atoms with Gasteiger partial charge in [-0.1, -0.05) is 6.08 Å². The number of fused-ring (bicyclic) bond motifs is 3. The van der Waals surface area contributed by atoms with Gasteiger partial charge in [0.15, 0.2) is 5.84 Å². The number of anilines is 1. The topological polar surface area (TPSA) is 56.4 Å². The lowest BCUT2D eigenvalue weighted by atomic mass is 10.1. The van der Waals surface area contributed by atoms with E-state index in [0.29, 0.717) is 18.4 Å².